The van der Waals surface area contributed by atoms with Gasteiger partial charge in [0.05, 0.1) is 0 Å². The topological polar surface area (TPSA) is 3.88 Å². The third-order valence-corrected chi connectivity index (χ3v) is 2.89. The molecule has 0 atom stereocenters. The molecular formula is C15H24ClN. The van der Waals surface area contributed by atoms with Crippen LogP contribution in [0.1, 0.15) is 51.0 Å². The highest BCUT2D eigenvalue weighted by Gasteiger charge is 2.00. The summed E-state index contributed by atoms with van der Waals surface area (Å²) >= 11 is 0. The highest BCUT2D eigenvalue weighted by Crippen LogP contribution is 2.04. The van der Waals surface area contributed by atoms with Crippen LogP contribution in [0.5, 0.6) is 0 Å². The molecule has 0 radical (unpaired) electrons. The van der Waals surface area contributed by atoms with Crippen molar-refractivity contribution in [3.05, 3.63) is 36.7 Å². The Morgan fingerprint density at radius 1 is 1.18 bits per heavy atom. The highest BCUT2D eigenvalue weighted by atomic mass is 35.5. The second-order valence-corrected chi connectivity index (χ2v) is 4.35. The molecular weight excluding hydrogens is 230 g/mol. The zero-order valence-corrected chi connectivity index (χ0v) is 11.6. The molecule has 0 spiro atoms. The maximum atomic E-state index is 3.79. The molecule has 1 aromatic rings. The van der Waals surface area contributed by atoms with Crippen LogP contribution in [0, 0.1) is 0 Å². The molecule has 0 unspecified atom stereocenters. The van der Waals surface area contributed by atoms with Gasteiger partial charge in [-0.3, -0.25) is 0 Å². The van der Waals surface area contributed by atoms with Gasteiger partial charge in [-0.25, -0.2) is 4.57 Å². The summed E-state index contributed by atoms with van der Waals surface area (Å²) in [7, 11) is 0. The number of rotatable bonds is 8. The molecule has 1 heterocycles. The zero-order chi connectivity index (χ0) is 11.6. The van der Waals surface area contributed by atoms with E-state index in [1.807, 2.05) is 6.08 Å². The largest absolute Gasteiger partial charge is 1.00 e. The van der Waals surface area contributed by atoms with Crippen LogP contribution in [-0.4, -0.2) is 0 Å². The molecule has 0 saturated heterocycles. The number of pyridine rings is 1. The maximum absolute atomic E-state index is 3.79. The van der Waals surface area contributed by atoms with Crippen molar-refractivity contribution in [1.82, 2.24) is 0 Å². The van der Waals surface area contributed by atoms with Gasteiger partial charge in [-0.1, -0.05) is 45.3 Å². The van der Waals surface area contributed by atoms with E-state index in [4.69, 9.17) is 0 Å². The average Bonchev–Trinajstić information content (AvgIpc) is 2.34. The van der Waals surface area contributed by atoms with Crippen LogP contribution in [0.4, 0.5) is 0 Å². The molecule has 0 aromatic carbocycles. The van der Waals surface area contributed by atoms with Crippen molar-refractivity contribution < 1.29 is 17.0 Å². The van der Waals surface area contributed by atoms with Gasteiger partial charge < -0.3 is 12.4 Å². The molecule has 96 valence electrons. The number of aromatic nitrogens is 1. The Labute approximate surface area is 112 Å². The van der Waals surface area contributed by atoms with Crippen molar-refractivity contribution in [3.63, 3.8) is 0 Å². The first kappa shape index (κ1) is 16.2. The molecule has 0 aliphatic rings. The van der Waals surface area contributed by atoms with Crippen LogP contribution in [0.15, 0.2) is 31.1 Å². The third-order valence-electron chi connectivity index (χ3n) is 2.89. The molecule has 1 rings (SSSR count). The first-order chi connectivity index (χ1) is 7.86. The summed E-state index contributed by atoms with van der Waals surface area (Å²) in [4.78, 5) is 0. The van der Waals surface area contributed by atoms with Crippen molar-refractivity contribution in [2.45, 2.75) is 52.0 Å². The maximum Gasteiger partial charge on any atom is 0.176 e. The monoisotopic (exact) mass is 253 g/mol. The summed E-state index contributed by atoms with van der Waals surface area (Å²) in [5, 5.41) is 0. The van der Waals surface area contributed by atoms with Crippen molar-refractivity contribution >= 4 is 6.08 Å². The van der Waals surface area contributed by atoms with Gasteiger partial charge in [0, 0.05) is 18.1 Å². The third kappa shape index (κ3) is 7.17. The molecule has 0 bridgehead atoms. The first-order valence-electron chi connectivity index (χ1n) is 6.48. The van der Waals surface area contributed by atoms with Gasteiger partial charge in [-0.2, -0.15) is 0 Å². The minimum absolute atomic E-state index is 0. The fraction of sp³-hybridized carbons (Fsp3) is 0.533. The van der Waals surface area contributed by atoms with E-state index >= 15 is 0 Å². The Balaban J connectivity index is 0.00000256. The van der Waals surface area contributed by atoms with Gasteiger partial charge >= 0.3 is 0 Å². The molecule has 0 aliphatic carbocycles. The van der Waals surface area contributed by atoms with Crippen LogP contribution in [0.3, 0.4) is 0 Å². The van der Waals surface area contributed by atoms with Crippen molar-refractivity contribution in [2.75, 3.05) is 0 Å². The standard InChI is InChI=1S/C15H24N.ClH/c1-3-5-6-7-8-9-12-16-13-10-11-15(4-2)14-16;/h4,10-11,13-14H,2-3,5-9,12H2,1H3;1H/q+1;/p-1. The van der Waals surface area contributed by atoms with E-state index < -0.39 is 0 Å². The molecule has 2 heteroatoms. The predicted octanol–water partition coefficient (Wildman–Crippen LogP) is 0.982. The minimum atomic E-state index is 0. The molecule has 0 saturated carbocycles. The molecule has 0 fully saturated rings. The van der Waals surface area contributed by atoms with Gasteiger partial charge in [0.25, 0.3) is 0 Å². The van der Waals surface area contributed by atoms with E-state index in [9.17, 15) is 0 Å². The Bertz CT molecular complexity index is 310. The van der Waals surface area contributed by atoms with E-state index in [-0.39, 0.29) is 12.4 Å². The molecule has 0 N–H and O–H groups in total. The molecule has 17 heavy (non-hydrogen) atoms. The van der Waals surface area contributed by atoms with Crippen LogP contribution >= 0.6 is 0 Å². The number of nitrogens with zero attached hydrogens (tertiary/aromatic N) is 1. The van der Waals surface area contributed by atoms with Crippen LogP contribution in [-0.2, 0) is 6.54 Å². The SMILES string of the molecule is C=Cc1ccc[n+](CCCCCCCC)c1.[Cl-]. The fourth-order valence-electron chi connectivity index (χ4n) is 1.88. The lowest BCUT2D eigenvalue weighted by Gasteiger charge is -1.99. The van der Waals surface area contributed by atoms with E-state index in [1.165, 1.54) is 44.1 Å². The smallest absolute Gasteiger partial charge is 0.176 e. The van der Waals surface area contributed by atoms with Gasteiger partial charge in [0.2, 0.25) is 0 Å². The normalized spacial score (nSPS) is 9.71. The van der Waals surface area contributed by atoms with Crippen molar-refractivity contribution in [3.8, 4) is 0 Å². The van der Waals surface area contributed by atoms with Gasteiger partial charge in [0.15, 0.2) is 12.4 Å². The van der Waals surface area contributed by atoms with Gasteiger partial charge in [-0.05, 0) is 12.5 Å². The quantitative estimate of drug-likeness (QED) is 0.481. The van der Waals surface area contributed by atoms with Crippen molar-refractivity contribution in [2.24, 2.45) is 0 Å². The molecule has 0 aliphatic heterocycles. The van der Waals surface area contributed by atoms with E-state index in [2.05, 4.69) is 42.6 Å². The van der Waals surface area contributed by atoms with Crippen molar-refractivity contribution in [1.29, 1.82) is 0 Å². The van der Waals surface area contributed by atoms with Crippen LogP contribution < -0.4 is 17.0 Å². The Kier molecular flexibility index (Phi) is 9.84. The van der Waals surface area contributed by atoms with E-state index in [0.717, 1.165) is 6.54 Å². The Morgan fingerprint density at radius 3 is 2.59 bits per heavy atom. The molecule has 0 amide bonds. The Hall–Kier alpha value is -0.820. The number of hydrogen-bond acceptors (Lipinski definition) is 0. The van der Waals surface area contributed by atoms with Crippen LogP contribution in [0.2, 0.25) is 0 Å². The number of aryl methyl sites for hydroxylation is 1. The highest BCUT2D eigenvalue weighted by molar-refractivity contribution is 5.43. The second-order valence-electron chi connectivity index (χ2n) is 4.35. The van der Waals surface area contributed by atoms with E-state index in [0.29, 0.717) is 0 Å². The van der Waals surface area contributed by atoms with E-state index in [1.54, 1.807) is 0 Å². The summed E-state index contributed by atoms with van der Waals surface area (Å²) in [6.07, 6.45) is 14.3. The van der Waals surface area contributed by atoms with Gasteiger partial charge in [-0.15, -0.1) is 0 Å². The lowest BCUT2D eigenvalue weighted by atomic mass is 10.1. The second kappa shape index (κ2) is 10.3. The average molecular weight is 254 g/mol. The molecule has 1 aromatic heterocycles. The summed E-state index contributed by atoms with van der Waals surface area (Å²) < 4.78 is 2.26. The minimum Gasteiger partial charge on any atom is -1.00 e. The lowest BCUT2D eigenvalue weighted by Crippen LogP contribution is -3.00. The predicted molar refractivity (Wildman–Crippen MR) is 70.1 cm³/mol. The summed E-state index contributed by atoms with van der Waals surface area (Å²) in [6.45, 7) is 7.18. The van der Waals surface area contributed by atoms with Gasteiger partial charge in [0.1, 0.15) is 6.54 Å². The lowest BCUT2D eigenvalue weighted by molar-refractivity contribution is -0.697. The first-order valence-corrected chi connectivity index (χ1v) is 6.48. The number of halogens is 1. The Morgan fingerprint density at radius 2 is 1.88 bits per heavy atom. The zero-order valence-electron chi connectivity index (χ0n) is 10.9. The summed E-state index contributed by atoms with van der Waals surface area (Å²) in [5.41, 5.74) is 1.20. The van der Waals surface area contributed by atoms with Crippen LogP contribution in [0.25, 0.3) is 6.08 Å². The fourth-order valence-corrected chi connectivity index (χ4v) is 1.88. The molecule has 1 nitrogen and oxygen atoms in total. The summed E-state index contributed by atoms with van der Waals surface area (Å²) in [5.74, 6) is 0. The summed E-state index contributed by atoms with van der Waals surface area (Å²) in [6, 6.07) is 4.18. The number of unbranched alkanes of at least 4 members (excludes halogenated alkanes) is 5. The number of hydrogen-bond donors (Lipinski definition) is 0.